The molecule has 5 amide bonds. The van der Waals surface area contributed by atoms with Crippen LogP contribution in [0.15, 0.2) is 67.2 Å². The SMILES string of the molecule is C=C(C)c1ccc(C#Cc2nc(C)c(C(=O)NC(CCN)C(=O)N(C)[C@@H]3C(=O)N[C@@H](C)C(=O)N[C@H](C(=O)NCC#N)Cc4ccc(OCCN)c(c4)-c4cc3ccc4OCCN)c(C)n2)cc1. The van der Waals surface area contributed by atoms with Gasteiger partial charge in [-0.25, -0.2) is 9.97 Å². The minimum absolute atomic E-state index is 0.00454. The molecule has 0 saturated carbocycles. The fourth-order valence-corrected chi connectivity index (χ4v) is 7.43. The van der Waals surface area contributed by atoms with E-state index in [-0.39, 0.29) is 63.6 Å². The van der Waals surface area contributed by atoms with Gasteiger partial charge in [0.25, 0.3) is 5.91 Å². The van der Waals surface area contributed by atoms with Gasteiger partial charge in [0, 0.05) is 43.2 Å². The van der Waals surface area contributed by atoms with Crippen LogP contribution in [0.25, 0.3) is 16.7 Å². The average Bonchev–Trinajstić information content (AvgIpc) is 3.30. The molecule has 350 valence electrons. The summed E-state index contributed by atoms with van der Waals surface area (Å²) in [5, 5.41) is 19.9. The molecule has 0 spiro atoms. The normalized spacial score (nSPS) is 16.0. The van der Waals surface area contributed by atoms with E-state index in [1.165, 1.54) is 18.9 Å². The molecule has 1 aromatic heterocycles. The maximum Gasteiger partial charge on any atom is 0.255 e. The molecule has 0 saturated heterocycles. The Balaban J connectivity index is 1.55. The van der Waals surface area contributed by atoms with Crippen LogP contribution in [0.1, 0.15) is 76.1 Å². The van der Waals surface area contributed by atoms with E-state index < -0.39 is 53.7 Å². The van der Waals surface area contributed by atoms with Gasteiger partial charge in [0.1, 0.15) is 55.4 Å². The first kappa shape index (κ1) is 50.4. The van der Waals surface area contributed by atoms with Crippen LogP contribution in [0.4, 0.5) is 0 Å². The number of likely N-dealkylation sites (N-methyl/N-ethyl adjacent to an activating group) is 1. The number of nitrogens with two attached hydrogens (primary N) is 3. The van der Waals surface area contributed by atoms with Crippen molar-refractivity contribution in [1.82, 2.24) is 36.1 Å². The molecule has 0 radical (unpaired) electrons. The van der Waals surface area contributed by atoms with Crippen LogP contribution in [0.3, 0.4) is 0 Å². The summed E-state index contributed by atoms with van der Waals surface area (Å²) >= 11 is 0. The fraction of sp³-hybridized carbons (Fsp3) is 0.347. The number of nitrogens with one attached hydrogen (secondary N) is 4. The van der Waals surface area contributed by atoms with Gasteiger partial charge in [-0.1, -0.05) is 42.3 Å². The Morgan fingerprint density at radius 1 is 0.896 bits per heavy atom. The van der Waals surface area contributed by atoms with E-state index in [0.717, 1.165) is 16.7 Å². The Hall–Kier alpha value is -7.64. The first-order valence-corrected chi connectivity index (χ1v) is 21.7. The van der Waals surface area contributed by atoms with Crippen molar-refractivity contribution < 1.29 is 33.4 Å². The van der Waals surface area contributed by atoms with E-state index in [9.17, 15) is 24.0 Å². The molecular formula is C49H57N11O7. The summed E-state index contributed by atoms with van der Waals surface area (Å²) in [7, 11) is 1.40. The third kappa shape index (κ3) is 12.8. The molecule has 18 heteroatoms. The van der Waals surface area contributed by atoms with Crippen molar-refractivity contribution in [2.75, 3.05) is 46.4 Å². The van der Waals surface area contributed by atoms with Crippen LogP contribution in [0, 0.1) is 37.0 Å². The maximum atomic E-state index is 14.7. The Bertz CT molecular complexity index is 2590. The van der Waals surface area contributed by atoms with Crippen LogP contribution in [-0.2, 0) is 25.6 Å². The Morgan fingerprint density at radius 2 is 1.52 bits per heavy atom. The Labute approximate surface area is 390 Å². The van der Waals surface area contributed by atoms with Crippen LogP contribution >= 0.6 is 0 Å². The van der Waals surface area contributed by atoms with Crippen molar-refractivity contribution in [3.05, 3.63) is 112 Å². The smallest absolute Gasteiger partial charge is 0.255 e. The summed E-state index contributed by atoms with van der Waals surface area (Å²) in [6.07, 6.45) is -0.0226. The molecule has 4 bridgehead atoms. The van der Waals surface area contributed by atoms with E-state index in [1.807, 2.05) is 37.3 Å². The van der Waals surface area contributed by atoms with E-state index in [4.69, 9.17) is 31.9 Å². The molecule has 67 heavy (non-hydrogen) atoms. The lowest BCUT2D eigenvalue weighted by atomic mass is 9.93. The number of carbonyl (C=O) groups is 5. The van der Waals surface area contributed by atoms with Gasteiger partial charge in [-0.05, 0) is 99.7 Å². The van der Waals surface area contributed by atoms with Crippen LogP contribution in [0.2, 0.25) is 0 Å². The number of fused-ring (bicyclic) bond motifs is 5. The predicted octanol–water partition coefficient (Wildman–Crippen LogP) is 1.70. The predicted molar refractivity (Wildman–Crippen MR) is 252 cm³/mol. The topological polar surface area (TPSA) is 283 Å². The molecule has 0 fully saturated rings. The second-order valence-electron chi connectivity index (χ2n) is 15.9. The molecule has 3 aromatic carbocycles. The van der Waals surface area contributed by atoms with Crippen LogP contribution in [0.5, 0.6) is 11.5 Å². The number of rotatable bonds is 15. The number of ether oxygens (including phenoxy) is 2. The van der Waals surface area contributed by atoms with Gasteiger partial charge in [0.05, 0.1) is 23.0 Å². The summed E-state index contributed by atoms with van der Waals surface area (Å²) in [4.78, 5) is 80.5. The van der Waals surface area contributed by atoms with E-state index in [2.05, 4.69) is 49.7 Å². The van der Waals surface area contributed by atoms with Crippen LogP contribution in [-0.4, -0.2) is 109 Å². The molecule has 1 aliphatic heterocycles. The van der Waals surface area contributed by atoms with Crippen molar-refractivity contribution in [2.24, 2.45) is 17.2 Å². The minimum Gasteiger partial charge on any atom is -0.492 e. The quantitative estimate of drug-likeness (QED) is 0.0662. The van der Waals surface area contributed by atoms with Gasteiger partial charge < -0.3 is 52.8 Å². The van der Waals surface area contributed by atoms with Crippen LogP contribution < -0.4 is 47.9 Å². The number of aryl methyl sites for hydroxylation is 2. The van der Waals surface area contributed by atoms with Gasteiger partial charge in [0.15, 0.2) is 0 Å². The monoisotopic (exact) mass is 911 g/mol. The van der Waals surface area contributed by atoms with Gasteiger partial charge in [-0.2, -0.15) is 5.26 Å². The summed E-state index contributed by atoms with van der Waals surface area (Å²) in [6.45, 7) is 10.9. The lowest BCUT2D eigenvalue weighted by Crippen LogP contribution is -2.56. The number of benzene rings is 3. The van der Waals surface area contributed by atoms with Gasteiger partial charge in [-0.15, -0.1) is 0 Å². The fourth-order valence-electron chi connectivity index (χ4n) is 7.43. The zero-order chi connectivity index (χ0) is 48.8. The van der Waals surface area contributed by atoms with Crippen molar-refractivity contribution in [3.8, 4) is 40.5 Å². The van der Waals surface area contributed by atoms with E-state index >= 15 is 0 Å². The largest absolute Gasteiger partial charge is 0.492 e. The highest BCUT2D eigenvalue weighted by atomic mass is 16.5. The first-order valence-electron chi connectivity index (χ1n) is 21.7. The van der Waals surface area contributed by atoms with E-state index in [1.54, 1.807) is 50.2 Å². The van der Waals surface area contributed by atoms with Crippen molar-refractivity contribution in [2.45, 2.75) is 64.7 Å². The number of nitrogens with zero attached hydrogens (tertiary/aromatic N) is 4. The molecule has 5 rings (SSSR count). The van der Waals surface area contributed by atoms with E-state index in [0.29, 0.717) is 45.1 Å². The number of amides is 5. The molecule has 18 nitrogen and oxygen atoms in total. The highest BCUT2D eigenvalue weighted by Crippen LogP contribution is 2.40. The highest BCUT2D eigenvalue weighted by molar-refractivity contribution is 6.00. The maximum absolute atomic E-state index is 14.7. The second-order valence-corrected chi connectivity index (χ2v) is 15.9. The molecular weight excluding hydrogens is 855 g/mol. The standard InChI is InChI=1S/C49H57N11O7/c1-28(2)34-11-7-32(8-12-34)10-16-42-55-29(3)43(30(4)56-42)47(63)58-38(17-18-50)49(65)60(6)44-35-13-15-41(67-24-21-53)37(27-35)36-25-33(9-14-40(36)66-23-20-52)26-39(46(62)54-22-19-51)59-45(61)31(5)57-48(44)64/h7-9,11-15,25,27,31,38-39,44H,1,17-18,20-24,26,50,52-53H2,2-6H3,(H,54,62)(H,57,64)(H,58,63)(H,59,61)/t31-,38?,39-,44-/m0/s1. The molecule has 4 aromatic rings. The van der Waals surface area contributed by atoms with Crippen molar-refractivity contribution in [1.29, 1.82) is 5.26 Å². The average molecular weight is 912 g/mol. The molecule has 0 aliphatic carbocycles. The summed E-state index contributed by atoms with van der Waals surface area (Å²) in [6, 6.07) is 14.5. The number of aromatic nitrogens is 2. The number of allylic oxidation sites excluding steroid dienone is 1. The lowest BCUT2D eigenvalue weighted by Gasteiger charge is -2.32. The second kappa shape index (κ2) is 23.5. The molecule has 10 N–H and O–H groups in total. The lowest BCUT2D eigenvalue weighted by molar-refractivity contribution is -0.141. The summed E-state index contributed by atoms with van der Waals surface area (Å²) < 4.78 is 12.2. The number of carbonyl (C=O) groups excluding carboxylic acids is 5. The van der Waals surface area contributed by atoms with Crippen molar-refractivity contribution >= 4 is 35.1 Å². The Morgan fingerprint density at radius 3 is 2.12 bits per heavy atom. The third-order valence-electron chi connectivity index (χ3n) is 10.8. The zero-order valence-corrected chi connectivity index (χ0v) is 38.3. The first-order chi connectivity index (χ1) is 32.1. The molecule has 1 unspecified atom stereocenters. The van der Waals surface area contributed by atoms with Gasteiger partial charge in [0.2, 0.25) is 29.5 Å². The number of hydrogen-bond acceptors (Lipinski definition) is 13. The minimum atomic E-state index is -1.42. The number of hydrogen-bond donors (Lipinski definition) is 7. The summed E-state index contributed by atoms with van der Waals surface area (Å²) in [5.74, 6) is 3.53. The van der Waals surface area contributed by atoms with Gasteiger partial charge >= 0.3 is 0 Å². The van der Waals surface area contributed by atoms with Gasteiger partial charge in [-0.3, -0.25) is 24.0 Å². The summed E-state index contributed by atoms with van der Waals surface area (Å²) in [5.41, 5.74) is 23.0. The molecule has 2 heterocycles. The highest BCUT2D eigenvalue weighted by Gasteiger charge is 2.36. The third-order valence-corrected chi connectivity index (χ3v) is 10.8. The van der Waals surface area contributed by atoms with Crippen molar-refractivity contribution in [3.63, 3.8) is 0 Å². The zero-order valence-electron chi connectivity index (χ0n) is 38.3. The molecule has 4 atom stereocenters. The Kier molecular flexibility index (Phi) is 17.7. The molecule has 1 aliphatic rings. The number of nitriles is 1.